The molecular formula is C34H38ClN7O4. The maximum atomic E-state index is 14.1. The predicted octanol–water partition coefficient (Wildman–Crippen LogP) is 5.17. The van der Waals surface area contributed by atoms with Crippen LogP contribution in [0.25, 0.3) is 22.2 Å². The number of aryl methyl sites for hydroxylation is 2. The molecule has 11 nitrogen and oxygen atoms in total. The molecule has 2 aromatic carbocycles. The minimum absolute atomic E-state index is 0.0631. The van der Waals surface area contributed by atoms with E-state index < -0.39 is 11.4 Å². The van der Waals surface area contributed by atoms with Gasteiger partial charge in [0.2, 0.25) is 5.95 Å². The van der Waals surface area contributed by atoms with Gasteiger partial charge in [0.05, 0.1) is 19.2 Å². The standard InChI is InChI=1S/C34H38ClN7O4/c1-34(2,40(4)5)18-23(19-36)31(43)41(6)24-11-9-21(10-12-24)13-14-42-30-22(20-38-33(37-3)39-30)15-27(32(42)44)26-16-25(45-7)17-28(46-8)29(26)35/h9-12,15-18,20H,13-14H2,1-8H3,(H,37,38,39). The Labute approximate surface area is 273 Å². The van der Waals surface area contributed by atoms with Crippen LogP contribution in [0, 0.1) is 11.3 Å². The van der Waals surface area contributed by atoms with E-state index in [1.165, 1.54) is 19.1 Å². The fourth-order valence-electron chi connectivity index (χ4n) is 4.76. The number of nitrogens with zero attached hydrogens (tertiary/aromatic N) is 6. The molecule has 0 spiro atoms. The molecule has 0 aliphatic rings. The van der Waals surface area contributed by atoms with E-state index in [1.54, 1.807) is 49.1 Å². The van der Waals surface area contributed by atoms with Crippen LogP contribution in [0.3, 0.4) is 0 Å². The zero-order chi connectivity index (χ0) is 33.8. The van der Waals surface area contributed by atoms with Crippen LogP contribution in [0.5, 0.6) is 11.5 Å². The summed E-state index contributed by atoms with van der Waals surface area (Å²) < 4.78 is 12.5. The molecule has 4 aromatic rings. The summed E-state index contributed by atoms with van der Waals surface area (Å²) in [5.41, 5.74) is 2.15. The van der Waals surface area contributed by atoms with Crippen molar-refractivity contribution < 1.29 is 14.3 Å². The zero-order valence-electron chi connectivity index (χ0n) is 27.3. The lowest BCUT2D eigenvalue weighted by Crippen LogP contribution is -2.37. The molecular weight excluding hydrogens is 606 g/mol. The second-order valence-electron chi connectivity index (χ2n) is 11.4. The largest absolute Gasteiger partial charge is 0.497 e. The molecule has 0 fully saturated rings. The van der Waals surface area contributed by atoms with E-state index >= 15 is 0 Å². The lowest BCUT2D eigenvalue weighted by molar-refractivity contribution is -0.114. The van der Waals surface area contributed by atoms with Gasteiger partial charge in [-0.1, -0.05) is 23.7 Å². The van der Waals surface area contributed by atoms with Gasteiger partial charge in [0.1, 0.15) is 28.8 Å². The van der Waals surface area contributed by atoms with Crippen molar-refractivity contribution in [3.63, 3.8) is 0 Å². The first-order valence-corrected chi connectivity index (χ1v) is 14.9. The number of halogens is 1. The molecule has 4 rings (SSSR count). The third-order valence-electron chi connectivity index (χ3n) is 8.06. The van der Waals surface area contributed by atoms with Crippen molar-refractivity contribution in [1.82, 2.24) is 19.4 Å². The molecule has 0 atom stereocenters. The topological polar surface area (TPSA) is 126 Å². The summed E-state index contributed by atoms with van der Waals surface area (Å²) in [6.07, 6.45) is 3.82. The number of rotatable bonds is 11. The van der Waals surface area contributed by atoms with E-state index in [1.807, 2.05) is 63.2 Å². The first-order valence-electron chi connectivity index (χ1n) is 14.5. The van der Waals surface area contributed by atoms with Crippen LogP contribution in [0.15, 0.2) is 65.1 Å². The number of hydrogen-bond donors (Lipinski definition) is 1. The average molecular weight is 644 g/mol. The molecule has 1 N–H and O–H groups in total. The van der Waals surface area contributed by atoms with Crippen molar-refractivity contribution in [2.24, 2.45) is 0 Å². The highest BCUT2D eigenvalue weighted by Crippen LogP contribution is 2.38. The van der Waals surface area contributed by atoms with Crippen LogP contribution < -0.4 is 25.2 Å². The van der Waals surface area contributed by atoms with Crippen LogP contribution in [0.2, 0.25) is 5.02 Å². The van der Waals surface area contributed by atoms with Gasteiger partial charge < -0.3 is 24.6 Å². The number of fused-ring (bicyclic) bond motifs is 1. The number of hydrogen-bond acceptors (Lipinski definition) is 9. The number of likely N-dealkylation sites (N-methyl/N-ethyl adjacent to an activating group) is 2. The number of amides is 1. The van der Waals surface area contributed by atoms with Gasteiger partial charge in [0.25, 0.3) is 11.5 Å². The van der Waals surface area contributed by atoms with Gasteiger partial charge in [-0.2, -0.15) is 10.2 Å². The zero-order valence-corrected chi connectivity index (χ0v) is 28.1. The van der Waals surface area contributed by atoms with Crippen molar-refractivity contribution >= 4 is 40.2 Å². The molecule has 0 bridgehead atoms. The molecule has 0 unspecified atom stereocenters. The number of anilines is 2. The Morgan fingerprint density at radius 1 is 1.11 bits per heavy atom. The number of pyridine rings is 1. The smallest absolute Gasteiger partial charge is 0.268 e. The van der Waals surface area contributed by atoms with E-state index in [0.29, 0.717) is 58.3 Å². The van der Waals surface area contributed by atoms with Crippen LogP contribution in [0.4, 0.5) is 11.6 Å². The SMILES string of the molecule is CNc1ncc2cc(-c3cc(OC)cc(OC)c3Cl)c(=O)n(CCc3ccc(N(C)C(=O)C(C#N)=CC(C)(C)N(C)C)cc3)c2n1. The monoisotopic (exact) mass is 643 g/mol. The van der Waals surface area contributed by atoms with E-state index in [-0.39, 0.29) is 16.2 Å². The highest BCUT2D eigenvalue weighted by Gasteiger charge is 2.24. The molecule has 0 aliphatic heterocycles. The number of methoxy groups -OCH3 is 2. The summed E-state index contributed by atoms with van der Waals surface area (Å²) in [4.78, 5) is 39.6. The quantitative estimate of drug-likeness (QED) is 0.174. The first kappa shape index (κ1) is 34.0. The van der Waals surface area contributed by atoms with Crippen molar-refractivity contribution in [2.45, 2.75) is 32.4 Å². The van der Waals surface area contributed by atoms with Gasteiger partial charge >= 0.3 is 0 Å². The van der Waals surface area contributed by atoms with Crippen LogP contribution in [-0.4, -0.2) is 73.3 Å². The lowest BCUT2D eigenvalue weighted by Gasteiger charge is -2.29. The van der Waals surface area contributed by atoms with Crippen LogP contribution >= 0.6 is 11.6 Å². The van der Waals surface area contributed by atoms with Crippen molar-refractivity contribution in [3.8, 4) is 28.7 Å². The molecule has 1 amide bonds. The minimum Gasteiger partial charge on any atom is -0.497 e. The summed E-state index contributed by atoms with van der Waals surface area (Å²) in [6.45, 7) is 4.17. The minimum atomic E-state index is -0.478. The van der Waals surface area contributed by atoms with Gasteiger partial charge in [-0.25, -0.2) is 4.98 Å². The summed E-state index contributed by atoms with van der Waals surface area (Å²) in [5.74, 6) is 0.858. The van der Waals surface area contributed by atoms with Gasteiger partial charge in [0, 0.05) is 60.6 Å². The van der Waals surface area contributed by atoms with Crippen molar-refractivity contribution in [1.29, 1.82) is 5.26 Å². The van der Waals surface area contributed by atoms with Crippen molar-refractivity contribution in [2.75, 3.05) is 52.6 Å². The Kier molecular flexibility index (Phi) is 10.4. The molecule has 0 aliphatic carbocycles. The average Bonchev–Trinajstić information content (AvgIpc) is 3.06. The van der Waals surface area contributed by atoms with Gasteiger partial charge in [-0.15, -0.1) is 0 Å². The van der Waals surface area contributed by atoms with E-state index in [0.717, 1.165) is 5.56 Å². The number of carbonyl (C=O) groups is 1. The Morgan fingerprint density at radius 3 is 2.39 bits per heavy atom. The Balaban J connectivity index is 1.68. The molecule has 0 saturated carbocycles. The Bertz CT molecular complexity index is 1890. The molecule has 12 heteroatoms. The fourth-order valence-corrected chi connectivity index (χ4v) is 5.05. The molecule has 0 radical (unpaired) electrons. The normalized spacial score (nSPS) is 11.8. The number of benzene rings is 2. The maximum absolute atomic E-state index is 14.1. The third-order valence-corrected chi connectivity index (χ3v) is 8.45. The van der Waals surface area contributed by atoms with Crippen LogP contribution in [-0.2, 0) is 17.8 Å². The second-order valence-corrected chi connectivity index (χ2v) is 11.8. The summed E-state index contributed by atoms with van der Waals surface area (Å²) >= 11 is 6.68. The van der Waals surface area contributed by atoms with Crippen molar-refractivity contribution in [3.05, 3.63) is 81.3 Å². The number of carbonyl (C=O) groups excluding carboxylic acids is 1. The summed E-state index contributed by atoms with van der Waals surface area (Å²) in [5, 5.41) is 13.6. The molecule has 2 aromatic heterocycles. The second kappa shape index (κ2) is 14.0. The van der Waals surface area contributed by atoms with Gasteiger partial charge in [-0.05, 0) is 70.3 Å². The molecule has 240 valence electrons. The Morgan fingerprint density at radius 2 is 1.80 bits per heavy atom. The summed E-state index contributed by atoms with van der Waals surface area (Å²) in [7, 11) is 10.2. The lowest BCUT2D eigenvalue weighted by atomic mass is 9.99. The van der Waals surface area contributed by atoms with E-state index in [2.05, 4.69) is 15.3 Å². The number of nitriles is 1. The number of aromatic nitrogens is 3. The van der Waals surface area contributed by atoms with E-state index in [4.69, 9.17) is 21.1 Å². The summed E-state index contributed by atoms with van der Waals surface area (Å²) in [6, 6.07) is 14.6. The first-order chi connectivity index (χ1) is 21.8. The number of ether oxygens (including phenoxy) is 2. The maximum Gasteiger partial charge on any atom is 0.268 e. The highest BCUT2D eigenvalue weighted by molar-refractivity contribution is 6.35. The highest BCUT2D eigenvalue weighted by atomic mass is 35.5. The number of nitrogens with one attached hydrogen (secondary N) is 1. The fraction of sp³-hybridized carbons (Fsp3) is 0.324. The van der Waals surface area contributed by atoms with Crippen LogP contribution in [0.1, 0.15) is 19.4 Å². The third kappa shape index (κ3) is 6.98. The van der Waals surface area contributed by atoms with Gasteiger partial charge in [0.15, 0.2) is 0 Å². The molecule has 2 heterocycles. The van der Waals surface area contributed by atoms with Gasteiger partial charge in [-0.3, -0.25) is 14.2 Å². The molecule has 46 heavy (non-hydrogen) atoms. The molecule has 0 saturated heterocycles. The predicted molar refractivity (Wildman–Crippen MR) is 182 cm³/mol. The Hall–Kier alpha value is -4.92. The van der Waals surface area contributed by atoms with E-state index in [9.17, 15) is 14.9 Å².